The van der Waals surface area contributed by atoms with Crippen LogP contribution < -0.4 is 5.32 Å². The summed E-state index contributed by atoms with van der Waals surface area (Å²) in [6.07, 6.45) is 1.28. The summed E-state index contributed by atoms with van der Waals surface area (Å²) < 4.78 is 0. The Morgan fingerprint density at radius 3 is 2.60 bits per heavy atom. The molecule has 15 heavy (non-hydrogen) atoms. The van der Waals surface area contributed by atoms with Crippen molar-refractivity contribution >= 4 is 5.91 Å². The van der Waals surface area contributed by atoms with Crippen molar-refractivity contribution in [2.75, 3.05) is 6.61 Å². The van der Waals surface area contributed by atoms with Crippen LogP contribution in [0, 0.1) is 0 Å². The normalized spacial score (nSPS) is 11.4. The third-order valence-corrected chi connectivity index (χ3v) is 2.58. The van der Waals surface area contributed by atoms with E-state index in [2.05, 4.69) is 25.9 Å². The maximum Gasteiger partial charge on any atom is 0.293 e. The largest absolute Gasteiger partial charge is 0.394 e. The van der Waals surface area contributed by atoms with Crippen molar-refractivity contribution in [3.8, 4) is 0 Å². The Balaban J connectivity index is 2.71. The van der Waals surface area contributed by atoms with Crippen LogP contribution in [-0.4, -0.2) is 43.8 Å². The van der Waals surface area contributed by atoms with Crippen LogP contribution >= 0.6 is 0 Å². The molecule has 0 bridgehead atoms. The number of hydrogen-bond donors (Lipinski definition) is 3. The van der Waals surface area contributed by atoms with Gasteiger partial charge < -0.3 is 10.4 Å². The second-order valence-electron chi connectivity index (χ2n) is 3.34. The molecule has 1 aromatic rings. The SMILES string of the molecule is CCC(CC)(CO)NC(=O)c1nn[nH]n1. The molecule has 0 saturated heterocycles. The molecular weight excluding hydrogens is 198 g/mol. The number of aliphatic hydroxyl groups excluding tert-OH is 1. The van der Waals surface area contributed by atoms with Gasteiger partial charge in [-0.25, -0.2) is 0 Å². The average Bonchev–Trinajstić information content (AvgIpc) is 2.79. The maximum absolute atomic E-state index is 11.6. The predicted molar refractivity (Wildman–Crippen MR) is 52.0 cm³/mol. The van der Waals surface area contributed by atoms with Gasteiger partial charge in [0.15, 0.2) is 0 Å². The summed E-state index contributed by atoms with van der Waals surface area (Å²) in [6, 6.07) is 0. The molecule has 7 nitrogen and oxygen atoms in total. The van der Waals surface area contributed by atoms with Crippen molar-refractivity contribution in [3.05, 3.63) is 5.82 Å². The molecule has 1 amide bonds. The molecule has 0 radical (unpaired) electrons. The monoisotopic (exact) mass is 213 g/mol. The van der Waals surface area contributed by atoms with Crippen molar-refractivity contribution in [2.45, 2.75) is 32.2 Å². The molecule has 1 rings (SSSR count). The van der Waals surface area contributed by atoms with E-state index in [0.717, 1.165) is 0 Å². The van der Waals surface area contributed by atoms with Crippen LogP contribution in [0.5, 0.6) is 0 Å². The van der Waals surface area contributed by atoms with Crippen LogP contribution in [0.3, 0.4) is 0 Å². The minimum absolute atomic E-state index is 0.0188. The fourth-order valence-corrected chi connectivity index (χ4v) is 1.24. The Hall–Kier alpha value is -1.50. The lowest BCUT2D eigenvalue weighted by atomic mass is 9.94. The molecule has 0 unspecified atom stereocenters. The Morgan fingerprint density at radius 1 is 1.53 bits per heavy atom. The quantitative estimate of drug-likeness (QED) is 0.610. The van der Waals surface area contributed by atoms with E-state index in [9.17, 15) is 9.90 Å². The zero-order valence-corrected chi connectivity index (χ0v) is 8.82. The smallest absolute Gasteiger partial charge is 0.293 e. The molecular formula is C8H15N5O2. The fraction of sp³-hybridized carbons (Fsp3) is 0.750. The molecule has 0 atom stereocenters. The highest BCUT2D eigenvalue weighted by molar-refractivity contribution is 5.90. The second-order valence-corrected chi connectivity index (χ2v) is 3.34. The van der Waals surface area contributed by atoms with Gasteiger partial charge in [-0.3, -0.25) is 4.79 Å². The molecule has 0 saturated carbocycles. The summed E-state index contributed by atoms with van der Waals surface area (Å²) in [4.78, 5) is 11.6. The summed E-state index contributed by atoms with van der Waals surface area (Å²) in [5.74, 6) is -0.448. The van der Waals surface area contributed by atoms with E-state index in [1.54, 1.807) is 0 Å². The summed E-state index contributed by atoms with van der Waals surface area (Å²) in [5, 5.41) is 24.6. The van der Waals surface area contributed by atoms with Gasteiger partial charge in [-0.15, -0.1) is 10.2 Å². The molecule has 0 aliphatic heterocycles. The minimum Gasteiger partial charge on any atom is -0.394 e. The lowest BCUT2D eigenvalue weighted by Crippen LogP contribution is -2.50. The molecule has 1 heterocycles. The fourth-order valence-electron chi connectivity index (χ4n) is 1.24. The molecule has 84 valence electrons. The molecule has 0 spiro atoms. The van der Waals surface area contributed by atoms with Crippen LogP contribution in [0.25, 0.3) is 0 Å². The zero-order chi connectivity index (χ0) is 11.3. The maximum atomic E-state index is 11.6. The van der Waals surface area contributed by atoms with E-state index in [0.29, 0.717) is 12.8 Å². The number of carbonyl (C=O) groups excluding carboxylic acids is 1. The summed E-state index contributed by atoms with van der Waals surface area (Å²) >= 11 is 0. The molecule has 0 aliphatic rings. The van der Waals surface area contributed by atoms with Crippen LogP contribution in [0.15, 0.2) is 0 Å². The Bertz CT molecular complexity index is 299. The first-order valence-corrected chi connectivity index (χ1v) is 4.84. The van der Waals surface area contributed by atoms with Gasteiger partial charge in [0.05, 0.1) is 12.1 Å². The predicted octanol–water partition coefficient (Wildman–Crippen LogP) is -0.519. The molecule has 0 aliphatic carbocycles. The number of nitrogens with zero attached hydrogens (tertiary/aromatic N) is 3. The Kier molecular flexibility index (Phi) is 3.73. The number of nitrogens with one attached hydrogen (secondary N) is 2. The Morgan fingerprint density at radius 2 is 2.20 bits per heavy atom. The lowest BCUT2D eigenvalue weighted by molar-refractivity contribution is 0.0807. The number of aromatic nitrogens is 4. The summed E-state index contributed by atoms with van der Waals surface area (Å²) in [6.45, 7) is 3.69. The van der Waals surface area contributed by atoms with E-state index in [4.69, 9.17) is 0 Å². The number of H-pyrrole nitrogens is 1. The molecule has 0 fully saturated rings. The average molecular weight is 213 g/mol. The highest BCUT2D eigenvalue weighted by Crippen LogP contribution is 2.14. The number of aromatic amines is 1. The second kappa shape index (κ2) is 4.83. The highest BCUT2D eigenvalue weighted by Gasteiger charge is 2.28. The number of aliphatic hydroxyl groups is 1. The van der Waals surface area contributed by atoms with Crippen molar-refractivity contribution < 1.29 is 9.90 Å². The van der Waals surface area contributed by atoms with Crippen molar-refractivity contribution in [2.24, 2.45) is 0 Å². The van der Waals surface area contributed by atoms with E-state index in [1.807, 2.05) is 13.8 Å². The number of rotatable bonds is 5. The van der Waals surface area contributed by atoms with E-state index < -0.39 is 11.4 Å². The third-order valence-electron chi connectivity index (χ3n) is 2.58. The van der Waals surface area contributed by atoms with Crippen LogP contribution in [0.4, 0.5) is 0 Å². The standard InChI is InChI=1S/C8H15N5O2/c1-3-8(4-2,5-14)9-7(15)6-10-12-13-11-6/h14H,3-5H2,1-2H3,(H,9,15)(H,10,11,12,13). The first-order valence-electron chi connectivity index (χ1n) is 4.84. The van der Waals surface area contributed by atoms with Crippen LogP contribution in [0.2, 0.25) is 0 Å². The minimum atomic E-state index is -0.599. The van der Waals surface area contributed by atoms with Gasteiger partial charge in [0.2, 0.25) is 0 Å². The lowest BCUT2D eigenvalue weighted by Gasteiger charge is -2.29. The van der Waals surface area contributed by atoms with Gasteiger partial charge in [0.25, 0.3) is 11.7 Å². The number of tetrazole rings is 1. The zero-order valence-electron chi connectivity index (χ0n) is 8.82. The summed E-state index contributed by atoms with van der Waals surface area (Å²) in [7, 11) is 0. The van der Waals surface area contributed by atoms with Gasteiger partial charge in [0, 0.05) is 0 Å². The van der Waals surface area contributed by atoms with Crippen molar-refractivity contribution in [3.63, 3.8) is 0 Å². The summed E-state index contributed by atoms with van der Waals surface area (Å²) in [5.41, 5.74) is -0.599. The number of carbonyl (C=O) groups is 1. The van der Waals surface area contributed by atoms with Gasteiger partial charge >= 0.3 is 0 Å². The highest BCUT2D eigenvalue weighted by atomic mass is 16.3. The molecule has 0 aromatic carbocycles. The first-order chi connectivity index (χ1) is 7.17. The van der Waals surface area contributed by atoms with Gasteiger partial charge in [0.1, 0.15) is 0 Å². The first kappa shape index (κ1) is 11.6. The molecule has 7 heteroatoms. The van der Waals surface area contributed by atoms with Crippen molar-refractivity contribution in [1.82, 2.24) is 25.9 Å². The van der Waals surface area contributed by atoms with E-state index in [-0.39, 0.29) is 12.4 Å². The van der Waals surface area contributed by atoms with Crippen LogP contribution in [0.1, 0.15) is 37.3 Å². The van der Waals surface area contributed by atoms with Gasteiger partial charge in [-0.05, 0) is 18.1 Å². The number of hydrogen-bond acceptors (Lipinski definition) is 5. The third kappa shape index (κ3) is 2.50. The van der Waals surface area contributed by atoms with Gasteiger partial charge in [-0.2, -0.15) is 5.21 Å². The van der Waals surface area contributed by atoms with Gasteiger partial charge in [-0.1, -0.05) is 13.8 Å². The van der Waals surface area contributed by atoms with E-state index >= 15 is 0 Å². The van der Waals surface area contributed by atoms with Crippen molar-refractivity contribution in [1.29, 1.82) is 0 Å². The van der Waals surface area contributed by atoms with Crippen LogP contribution in [-0.2, 0) is 0 Å². The molecule has 3 N–H and O–H groups in total. The molecule has 1 aromatic heterocycles. The Labute approximate surface area is 87.3 Å². The van der Waals surface area contributed by atoms with E-state index in [1.165, 1.54) is 0 Å². The number of amides is 1. The topological polar surface area (TPSA) is 104 Å².